The molecule has 0 amide bonds. The number of halogens is 1. The first-order chi connectivity index (χ1) is 9.17. The molecule has 102 valence electrons. The second-order valence-electron chi connectivity index (χ2n) is 4.25. The van der Waals surface area contributed by atoms with Crippen LogP contribution in [-0.2, 0) is 0 Å². The van der Waals surface area contributed by atoms with Gasteiger partial charge in [0.25, 0.3) is 0 Å². The number of benzene rings is 1. The number of hydrogen-bond donors (Lipinski definition) is 1. The lowest BCUT2D eigenvalue weighted by Crippen LogP contribution is -2.18. The third-order valence-electron chi connectivity index (χ3n) is 3.06. The molecule has 0 aliphatic carbocycles. The molecule has 1 N–H and O–H groups in total. The maximum absolute atomic E-state index is 5.74. The third kappa shape index (κ3) is 3.19. The van der Waals surface area contributed by atoms with Crippen LogP contribution in [0.25, 0.3) is 0 Å². The van der Waals surface area contributed by atoms with Gasteiger partial charge in [-0.15, -0.1) is 11.3 Å². The molecule has 0 saturated carbocycles. The van der Waals surface area contributed by atoms with Crippen LogP contribution in [0.1, 0.15) is 29.0 Å². The van der Waals surface area contributed by atoms with E-state index in [0.29, 0.717) is 6.61 Å². The van der Waals surface area contributed by atoms with Gasteiger partial charge in [0.2, 0.25) is 0 Å². The van der Waals surface area contributed by atoms with E-state index in [1.807, 2.05) is 26.1 Å². The van der Waals surface area contributed by atoms with E-state index in [9.17, 15) is 0 Å². The molecule has 0 aliphatic heterocycles. The summed E-state index contributed by atoms with van der Waals surface area (Å²) in [5, 5.41) is 3.39. The van der Waals surface area contributed by atoms with Gasteiger partial charge in [-0.2, -0.15) is 0 Å². The average Bonchev–Trinajstić information content (AvgIpc) is 2.72. The number of para-hydroxylation sites is 1. The molecule has 0 fully saturated rings. The quantitative estimate of drug-likeness (QED) is 0.864. The van der Waals surface area contributed by atoms with Crippen molar-refractivity contribution in [1.29, 1.82) is 0 Å². The molecule has 0 bridgehead atoms. The maximum atomic E-state index is 5.74. The Morgan fingerprint density at radius 3 is 2.63 bits per heavy atom. The lowest BCUT2D eigenvalue weighted by molar-refractivity contribution is 0.334. The highest BCUT2D eigenvalue weighted by Gasteiger charge is 2.19. The van der Waals surface area contributed by atoms with Gasteiger partial charge in [-0.3, -0.25) is 0 Å². The van der Waals surface area contributed by atoms with Crippen LogP contribution >= 0.6 is 27.3 Å². The molecule has 1 atom stereocenters. The molecule has 0 radical (unpaired) electrons. The zero-order valence-corrected chi connectivity index (χ0v) is 13.8. The van der Waals surface area contributed by atoms with Gasteiger partial charge in [0.1, 0.15) is 5.75 Å². The van der Waals surface area contributed by atoms with Gasteiger partial charge in [0, 0.05) is 10.4 Å². The summed E-state index contributed by atoms with van der Waals surface area (Å²) in [7, 11) is 1.98. The van der Waals surface area contributed by atoms with Crippen molar-refractivity contribution >= 4 is 27.3 Å². The lowest BCUT2D eigenvalue weighted by Gasteiger charge is -2.20. The minimum atomic E-state index is 0.158. The van der Waals surface area contributed by atoms with Crippen LogP contribution in [0.2, 0.25) is 0 Å². The largest absolute Gasteiger partial charge is 0.494 e. The van der Waals surface area contributed by atoms with Crippen LogP contribution in [0.3, 0.4) is 0 Å². The normalized spacial score (nSPS) is 12.4. The van der Waals surface area contributed by atoms with Crippen molar-refractivity contribution in [2.24, 2.45) is 0 Å². The fourth-order valence-corrected chi connectivity index (χ4v) is 3.98. The molecule has 2 aromatic rings. The SMILES string of the molecule is CCOc1ccccc1C(NC)c1cc(Br)sc1C. The Labute approximate surface area is 126 Å². The van der Waals surface area contributed by atoms with Crippen molar-refractivity contribution in [3.05, 3.63) is 50.1 Å². The van der Waals surface area contributed by atoms with Gasteiger partial charge < -0.3 is 10.1 Å². The van der Waals surface area contributed by atoms with E-state index in [2.05, 4.69) is 46.4 Å². The highest BCUT2D eigenvalue weighted by molar-refractivity contribution is 9.11. The van der Waals surface area contributed by atoms with E-state index in [4.69, 9.17) is 4.74 Å². The molecule has 19 heavy (non-hydrogen) atoms. The first-order valence-corrected chi connectivity index (χ1v) is 7.93. The van der Waals surface area contributed by atoms with Crippen LogP contribution in [0, 0.1) is 6.92 Å². The number of rotatable bonds is 5. The van der Waals surface area contributed by atoms with Gasteiger partial charge in [-0.1, -0.05) is 18.2 Å². The van der Waals surface area contributed by atoms with Crippen molar-refractivity contribution in [1.82, 2.24) is 5.32 Å². The molecule has 1 unspecified atom stereocenters. The van der Waals surface area contributed by atoms with E-state index < -0.39 is 0 Å². The Bertz CT molecular complexity index is 553. The summed E-state index contributed by atoms with van der Waals surface area (Å²) >= 11 is 5.32. The minimum Gasteiger partial charge on any atom is -0.494 e. The molecule has 1 heterocycles. The molecule has 0 spiro atoms. The van der Waals surface area contributed by atoms with E-state index >= 15 is 0 Å². The molecule has 2 nitrogen and oxygen atoms in total. The fourth-order valence-electron chi connectivity index (χ4n) is 2.23. The Hall–Kier alpha value is -0.840. The molecular weight excluding hydrogens is 322 g/mol. The molecule has 0 aliphatic rings. The topological polar surface area (TPSA) is 21.3 Å². The van der Waals surface area contributed by atoms with E-state index in [1.165, 1.54) is 16.0 Å². The zero-order valence-electron chi connectivity index (χ0n) is 11.4. The third-order valence-corrected chi connectivity index (χ3v) is 4.62. The predicted octanol–water partition coefficient (Wildman–Crippen LogP) is 4.53. The smallest absolute Gasteiger partial charge is 0.124 e. The van der Waals surface area contributed by atoms with Gasteiger partial charge in [-0.05, 0) is 54.5 Å². The first-order valence-electron chi connectivity index (χ1n) is 6.32. The Morgan fingerprint density at radius 2 is 2.05 bits per heavy atom. The molecular formula is C15H18BrNOS. The van der Waals surface area contributed by atoms with Crippen LogP contribution < -0.4 is 10.1 Å². The second kappa shape index (κ2) is 6.55. The molecule has 1 aromatic heterocycles. The fraction of sp³-hybridized carbons (Fsp3) is 0.333. The summed E-state index contributed by atoms with van der Waals surface area (Å²) < 4.78 is 6.90. The highest BCUT2D eigenvalue weighted by Crippen LogP contribution is 2.36. The van der Waals surface area contributed by atoms with Crippen molar-refractivity contribution in [2.75, 3.05) is 13.7 Å². The monoisotopic (exact) mass is 339 g/mol. The molecule has 2 rings (SSSR count). The summed E-state index contributed by atoms with van der Waals surface area (Å²) in [5.74, 6) is 0.950. The molecule has 0 saturated heterocycles. The molecule has 1 aromatic carbocycles. The van der Waals surface area contributed by atoms with Crippen LogP contribution in [-0.4, -0.2) is 13.7 Å². The van der Waals surface area contributed by atoms with Crippen molar-refractivity contribution < 1.29 is 4.74 Å². The lowest BCUT2D eigenvalue weighted by atomic mass is 9.99. The zero-order chi connectivity index (χ0) is 13.8. The second-order valence-corrected chi connectivity index (χ2v) is 6.89. The summed E-state index contributed by atoms with van der Waals surface area (Å²) in [6.07, 6.45) is 0. The first kappa shape index (κ1) is 14.6. The number of hydrogen-bond acceptors (Lipinski definition) is 3. The number of thiophene rings is 1. The van der Waals surface area contributed by atoms with Gasteiger partial charge in [0.15, 0.2) is 0 Å². The Balaban J connectivity index is 2.45. The Morgan fingerprint density at radius 1 is 1.32 bits per heavy atom. The summed E-state index contributed by atoms with van der Waals surface area (Å²) in [4.78, 5) is 1.32. The van der Waals surface area contributed by atoms with Crippen molar-refractivity contribution in [2.45, 2.75) is 19.9 Å². The van der Waals surface area contributed by atoms with Crippen LogP contribution in [0.15, 0.2) is 34.1 Å². The van der Waals surface area contributed by atoms with Gasteiger partial charge in [-0.25, -0.2) is 0 Å². The number of nitrogens with one attached hydrogen (secondary N) is 1. The molecule has 4 heteroatoms. The van der Waals surface area contributed by atoms with Crippen molar-refractivity contribution in [3.8, 4) is 5.75 Å². The number of aryl methyl sites for hydroxylation is 1. The van der Waals surface area contributed by atoms with E-state index in [1.54, 1.807) is 11.3 Å². The van der Waals surface area contributed by atoms with Crippen LogP contribution in [0.4, 0.5) is 0 Å². The predicted molar refractivity (Wildman–Crippen MR) is 85.3 cm³/mol. The average molecular weight is 340 g/mol. The van der Waals surface area contributed by atoms with E-state index in [0.717, 1.165) is 9.54 Å². The minimum absolute atomic E-state index is 0.158. The van der Waals surface area contributed by atoms with Crippen LogP contribution in [0.5, 0.6) is 5.75 Å². The number of ether oxygens (including phenoxy) is 1. The van der Waals surface area contributed by atoms with Gasteiger partial charge >= 0.3 is 0 Å². The Kier molecular flexibility index (Phi) is 5.02. The van der Waals surface area contributed by atoms with Gasteiger partial charge in [0.05, 0.1) is 16.4 Å². The summed E-state index contributed by atoms with van der Waals surface area (Å²) in [5.41, 5.74) is 2.48. The van der Waals surface area contributed by atoms with Crippen molar-refractivity contribution in [3.63, 3.8) is 0 Å². The van der Waals surface area contributed by atoms with E-state index in [-0.39, 0.29) is 6.04 Å². The maximum Gasteiger partial charge on any atom is 0.124 e. The highest BCUT2D eigenvalue weighted by atomic mass is 79.9. The summed E-state index contributed by atoms with van der Waals surface area (Å²) in [6, 6.07) is 10.6. The standard InChI is InChI=1S/C15H18BrNOS/c1-4-18-13-8-6-5-7-11(13)15(17-3)12-9-14(16)19-10(12)2/h5-9,15,17H,4H2,1-3H3. The summed E-state index contributed by atoms with van der Waals surface area (Å²) in [6.45, 7) is 4.84.